The molecule has 0 unspecified atom stereocenters. The van der Waals surface area contributed by atoms with E-state index in [0.717, 1.165) is 0 Å². The first-order valence-electron chi connectivity index (χ1n) is 8.39. The third-order valence-electron chi connectivity index (χ3n) is 4.17. The van der Waals surface area contributed by atoms with Crippen LogP contribution in [0.2, 0.25) is 0 Å². The molecule has 152 valence electrons. The fraction of sp³-hybridized carbons (Fsp3) is 0.316. The second-order valence-electron chi connectivity index (χ2n) is 5.91. The summed E-state index contributed by atoms with van der Waals surface area (Å²) in [5.41, 5.74) is 1.56. The first-order chi connectivity index (χ1) is 13.3. The molecule has 0 saturated carbocycles. The van der Waals surface area contributed by atoms with Gasteiger partial charge in [-0.1, -0.05) is 12.1 Å². The number of hydrogen-bond acceptors (Lipinski definition) is 6. The molecule has 28 heavy (non-hydrogen) atoms. The topological polar surface area (TPSA) is 103 Å². The molecule has 2 aromatic carbocycles. The molecule has 0 aromatic heterocycles. The summed E-state index contributed by atoms with van der Waals surface area (Å²) in [5.74, 6) is 0.957. The molecule has 0 atom stereocenters. The Morgan fingerprint density at radius 3 is 2.25 bits per heavy atom. The highest BCUT2D eigenvalue weighted by atomic mass is 32.2. The predicted octanol–water partition coefficient (Wildman–Crippen LogP) is 2.11. The summed E-state index contributed by atoms with van der Waals surface area (Å²) >= 11 is 0. The van der Waals surface area contributed by atoms with E-state index in [4.69, 9.17) is 14.2 Å². The highest BCUT2D eigenvalue weighted by Crippen LogP contribution is 2.40. The maximum Gasteiger partial charge on any atom is 0.240 e. The zero-order valence-corrected chi connectivity index (χ0v) is 17.3. The van der Waals surface area contributed by atoms with Gasteiger partial charge in [-0.2, -0.15) is 0 Å². The molecule has 0 bridgehead atoms. The van der Waals surface area contributed by atoms with Crippen molar-refractivity contribution in [3.05, 3.63) is 41.5 Å². The third kappa shape index (κ3) is 4.55. The van der Waals surface area contributed by atoms with Gasteiger partial charge >= 0.3 is 0 Å². The molecule has 0 aliphatic carbocycles. The quantitative estimate of drug-likeness (QED) is 0.694. The van der Waals surface area contributed by atoms with Crippen molar-refractivity contribution in [3.63, 3.8) is 0 Å². The van der Waals surface area contributed by atoms with E-state index < -0.39 is 10.0 Å². The van der Waals surface area contributed by atoms with Gasteiger partial charge in [-0.25, -0.2) is 13.1 Å². The summed E-state index contributed by atoms with van der Waals surface area (Å²) in [6, 6.07) is 8.11. The lowest BCUT2D eigenvalue weighted by atomic mass is 10.1. The molecule has 0 radical (unpaired) electrons. The second kappa shape index (κ2) is 8.94. The SMILES string of the molecule is CNS(=O)(=O)c1cc(NC(=O)Cc2ccc(OC)c(OC)c2OC)ccc1C. The van der Waals surface area contributed by atoms with Crippen LogP contribution in [0.3, 0.4) is 0 Å². The first-order valence-corrected chi connectivity index (χ1v) is 9.87. The Kier molecular flexibility index (Phi) is 6.87. The van der Waals surface area contributed by atoms with E-state index in [1.165, 1.54) is 34.4 Å². The fourth-order valence-electron chi connectivity index (χ4n) is 2.76. The second-order valence-corrected chi connectivity index (χ2v) is 7.76. The molecule has 1 amide bonds. The van der Waals surface area contributed by atoms with Crippen molar-refractivity contribution in [3.8, 4) is 17.2 Å². The number of benzene rings is 2. The number of aryl methyl sites for hydroxylation is 1. The Morgan fingerprint density at radius 1 is 1.00 bits per heavy atom. The molecule has 2 N–H and O–H groups in total. The van der Waals surface area contributed by atoms with Crippen LogP contribution < -0.4 is 24.2 Å². The van der Waals surface area contributed by atoms with E-state index >= 15 is 0 Å². The van der Waals surface area contributed by atoms with Crippen LogP contribution in [0.15, 0.2) is 35.2 Å². The summed E-state index contributed by atoms with van der Waals surface area (Å²) in [4.78, 5) is 12.6. The van der Waals surface area contributed by atoms with E-state index in [1.807, 2.05) is 0 Å². The minimum Gasteiger partial charge on any atom is -0.493 e. The number of sulfonamides is 1. The van der Waals surface area contributed by atoms with Crippen molar-refractivity contribution < 1.29 is 27.4 Å². The molecule has 8 nitrogen and oxygen atoms in total. The molecule has 0 saturated heterocycles. The van der Waals surface area contributed by atoms with E-state index in [9.17, 15) is 13.2 Å². The number of anilines is 1. The van der Waals surface area contributed by atoms with Crippen LogP contribution in [0.1, 0.15) is 11.1 Å². The van der Waals surface area contributed by atoms with Gasteiger partial charge in [0.05, 0.1) is 32.6 Å². The van der Waals surface area contributed by atoms with E-state index in [2.05, 4.69) is 10.0 Å². The molecular formula is C19H24N2O6S. The number of methoxy groups -OCH3 is 3. The molecule has 9 heteroatoms. The van der Waals surface area contributed by atoms with Crippen LogP contribution >= 0.6 is 0 Å². The number of hydrogen-bond donors (Lipinski definition) is 2. The Morgan fingerprint density at radius 2 is 1.68 bits per heavy atom. The largest absolute Gasteiger partial charge is 0.493 e. The van der Waals surface area contributed by atoms with Crippen LogP contribution in [0.5, 0.6) is 17.2 Å². The van der Waals surface area contributed by atoms with Crippen molar-refractivity contribution in [2.24, 2.45) is 0 Å². The summed E-state index contributed by atoms with van der Waals surface area (Å²) in [5, 5.41) is 2.71. The van der Waals surface area contributed by atoms with Crippen LogP contribution in [0.25, 0.3) is 0 Å². The summed E-state index contributed by atoms with van der Waals surface area (Å²) < 4.78 is 42.4. The van der Waals surface area contributed by atoms with Gasteiger partial charge in [-0.05, 0) is 37.7 Å². The molecule has 0 aliphatic heterocycles. The van der Waals surface area contributed by atoms with Gasteiger partial charge in [0, 0.05) is 11.3 Å². The monoisotopic (exact) mass is 408 g/mol. The summed E-state index contributed by atoms with van der Waals surface area (Å²) in [7, 11) is 2.19. The van der Waals surface area contributed by atoms with Gasteiger partial charge in [-0.15, -0.1) is 0 Å². The average molecular weight is 408 g/mol. The summed E-state index contributed by atoms with van der Waals surface area (Å²) in [6.07, 6.45) is 0.00547. The zero-order valence-electron chi connectivity index (χ0n) is 16.5. The van der Waals surface area contributed by atoms with Crippen LogP contribution in [-0.4, -0.2) is 42.7 Å². The highest BCUT2D eigenvalue weighted by molar-refractivity contribution is 7.89. The third-order valence-corrected chi connectivity index (χ3v) is 5.72. The highest BCUT2D eigenvalue weighted by Gasteiger charge is 2.19. The number of rotatable bonds is 8. The zero-order chi connectivity index (χ0) is 20.9. The van der Waals surface area contributed by atoms with Crippen molar-refractivity contribution in [1.82, 2.24) is 4.72 Å². The maximum absolute atomic E-state index is 12.5. The van der Waals surface area contributed by atoms with Gasteiger partial charge < -0.3 is 19.5 Å². The normalized spacial score (nSPS) is 11.0. The van der Waals surface area contributed by atoms with Crippen molar-refractivity contribution in [2.75, 3.05) is 33.7 Å². The lowest BCUT2D eigenvalue weighted by Crippen LogP contribution is -2.20. The molecule has 0 spiro atoms. The lowest BCUT2D eigenvalue weighted by molar-refractivity contribution is -0.115. The fourth-order valence-corrected chi connectivity index (χ4v) is 3.75. The number of ether oxygens (including phenoxy) is 3. The number of nitrogens with one attached hydrogen (secondary N) is 2. The predicted molar refractivity (Wildman–Crippen MR) is 106 cm³/mol. The Bertz CT molecular complexity index is 973. The molecule has 2 rings (SSSR count). The van der Waals surface area contributed by atoms with Crippen molar-refractivity contribution in [1.29, 1.82) is 0 Å². The van der Waals surface area contributed by atoms with E-state index in [0.29, 0.717) is 34.1 Å². The minimum absolute atomic E-state index is 0.00547. The first kappa shape index (κ1) is 21.5. The van der Waals surface area contributed by atoms with Crippen molar-refractivity contribution >= 4 is 21.6 Å². The molecule has 0 aliphatic rings. The molecule has 0 heterocycles. The summed E-state index contributed by atoms with van der Waals surface area (Å²) in [6.45, 7) is 1.68. The van der Waals surface area contributed by atoms with Crippen LogP contribution in [0.4, 0.5) is 5.69 Å². The van der Waals surface area contributed by atoms with Gasteiger partial charge in [0.1, 0.15) is 0 Å². The standard InChI is InChI=1S/C19H24N2O6S/c1-12-6-8-14(11-16(12)28(23,24)20-2)21-17(22)10-13-7-9-15(25-3)19(27-5)18(13)26-4/h6-9,11,20H,10H2,1-5H3,(H,21,22). The van der Waals surface area contributed by atoms with Gasteiger partial charge in [0.25, 0.3) is 0 Å². The number of amides is 1. The van der Waals surface area contributed by atoms with E-state index in [1.54, 1.807) is 31.2 Å². The van der Waals surface area contributed by atoms with Crippen LogP contribution in [-0.2, 0) is 21.2 Å². The minimum atomic E-state index is -3.63. The van der Waals surface area contributed by atoms with E-state index in [-0.39, 0.29) is 17.2 Å². The Labute approximate surface area is 164 Å². The van der Waals surface area contributed by atoms with Crippen molar-refractivity contribution in [2.45, 2.75) is 18.2 Å². The maximum atomic E-state index is 12.5. The van der Waals surface area contributed by atoms with Gasteiger partial charge in [0.2, 0.25) is 21.7 Å². The lowest BCUT2D eigenvalue weighted by Gasteiger charge is -2.16. The molecular weight excluding hydrogens is 384 g/mol. The Hall–Kier alpha value is -2.78. The van der Waals surface area contributed by atoms with Gasteiger partial charge in [-0.3, -0.25) is 4.79 Å². The number of carbonyl (C=O) groups is 1. The Balaban J connectivity index is 2.27. The molecule has 2 aromatic rings. The smallest absolute Gasteiger partial charge is 0.240 e. The average Bonchev–Trinajstić information content (AvgIpc) is 2.68. The van der Waals surface area contributed by atoms with Crippen LogP contribution in [0, 0.1) is 6.92 Å². The number of carbonyl (C=O) groups excluding carboxylic acids is 1. The van der Waals surface area contributed by atoms with Gasteiger partial charge in [0.15, 0.2) is 11.5 Å². The molecule has 0 fully saturated rings.